The van der Waals surface area contributed by atoms with Gasteiger partial charge in [0.15, 0.2) is 0 Å². The third kappa shape index (κ3) is 10.1. The molecule has 1 atom stereocenters. The molecule has 2 heterocycles. The normalized spacial score (nSPS) is 12.2. The van der Waals surface area contributed by atoms with E-state index in [0.717, 1.165) is 21.3 Å². The molecule has 14 nitrogen and oxygen atoms in total. The first-order valence-corrected chi connectivity index (χ1v) is 18.0. The van der Waals surface area contributed by atoms with Crippen molar-refractivity contribution in [2.75, 3.05) is 41.3 Å². The summed E-state index contributed by atoms with van der Waals surface area (Å²) in [6.45, 7) is 4.07. The predicted octanol–water partition coefficient (Wildman–Crippen LogP) is 4.39. The summed E-state index contributed by atoms with van der Waals surface area (Å²) in [7, 11) is 3.31. The van der Waals surface area contributed by atoms with E-state index in [1.165, 1.54) is 66.0 Å². The van der Waals surface area contributed by atoms with Gasteiger partial charge in [-0.25, -0.2) is 27.3 Å². The van der Waals surface area contributed by atoms with E-state index in [0.29, 0.717) is 28.8 Å². The second-order valence-corrected chi connectivity index (χ2v) is 14.8. The SMILES string of the molecule is Cc1c(-c2ccnn2-c2ccc(C#N)cc2)n(C(=O)NC(C)C(=O)N(C)CC[N+](C)(C)C)c(=O)n1-c1cccc(C(F)(F)F)c1.O=S(=O)([O-])c1ccccc1. The molecule has 0 aliphatic rings. The molecule has 55 heavy (non-hydrogen) atoms. The van der Waals surface area contributed by atoms with Gasteiger partial charge in [0, 0.05) is 7.05 Å². The van der Waals surface area contributed by atoms with Gasteiger partial charge in [0.25, 0.3) is 0 Å². The van der Waals surface area contributed by atoms with Crippen LogP contribution in [0.15, 0.2) is 101 Å². The summed E-state index contributed by atoms with van der Waals surface area (Å²) in [5.74, 6) is -0.386. The van der Waals surface area contributed by atoms with Crippen molar-refractivity contribution in [3.63, 3.8) is 0 Å². The first kappa shape index (κ1) is 41.7. The van der Waals surface area contributed by atoms with Gasteiger partial charge in [-0.15, -0.1) is 0 Å². The molecule has 0 bridgehead atoms. The maximum Gasteiger partial charge on any atom is 0.416 e. The zero-order valence-corrected chi connectivity index (χ0v) is 31.6. The first-order valence-electron chi connectivity index (χ1n) is 16.6. The summed E-state index contributed by atoms with van der Waals surface area (Å²) >= 11 is 0. The minimum absolute atomic E-state index is 0.0507. The molecule has 1 N–H and O–H groups in total. The van der Waals surface area contributed by atoms with Gasteiger partial charge in [-0.3, -0.25) is 9.36 Å². The Labute approximate surface area is 315 Å². The summed E-state index contributed by atoms with van der Waals surface area (Å²) < 4.78 is 75.5. The summed E-state index contributed by atoms with van der Waals surface area (Å²) in [5, 5.41) is 16.1. The van der Waals surface area contributed by atoms with Crippen molar-refractivity contribution in [3.05, 3.63) is 118 Å². The lowest BCUT2D eigenvalue weighted by Crippen LogP contribution is -2.50. The van der Waals surface area contributed by atoms with Crippen molar-refractivity contribution in [2.45, 2.75) is 31.0 Å². The second-order valence-electron chi connectivity index (χ2n) is 13.4. The minimum Gasteiger partial charge on any atom is -0.744 e. The Kier molecular flexibility index (Phi) is 12.6. The number of imidazole rings is 1. The molecule has 5 aromatic rings. The molecule has 0 aliphatic heterocycles. The average Bonchev–Trinajstić information content (AvgIpc) is 3.71. The number of hydrogen-bond acceptors (Lipinski definition) is 8. The summed E-state index contributed by atoms with van der Waals surface area (Å²) in [5.41, 5.74) is -0.627. The zero-order chi connectivity index (χ0) is 40.9. The average molecular weight is 781 g/mol. The molecule has 2 aromatic heterocycles. The highest BCUT2D eigenvalue weighted by atomic mass is 32.2. The van der Waals surface area contributed by atoms with E-state index < -0.39 is 39.6 Å². The number of carbonyl (C=O) groups is 2. The molecule has 3 aromatic carbocycles. The van der Waals surface area contributed by atoms with Gasteiger partial charge in [-0.05, 0) is 74.5 Å². The number of rotatable bonds is 9. The van der Waals surface area contributed by atoms with E-state index in [4.69, 9.17) is 0 Å². The molecular weight excluding hydrogens is 742 g/mol. The van der Waals surface area contributed by atoms with Crippen LogP contribution in [0.5, 0.6) is 0 Å². The fourth-order valence-electron chi connectivity index (χ4n) is 5.38. The van der Waals surface area contributed by atoms with Crippen LogP contribution >= 0.6 is 0 Å². The van der Waals surface area contributed by atoms with Crippen LogP contribution in [-0.2, 0) is 21.1 Å². The number of alkyl halides is 3. The maximum absolute atomic E-state index is 14.0. The lowest BCUT2D eigenvalue weighted by molar-refractivity contribution is -0.869. The van der Waals surface area contributed by atoms with E-state index in [1.807, 2.05) is 27.2 Å². The van der Waals surface area contributed by atoms with Gasteiger partial charge in [0.1, 0.15) is 21.9 Å². The fraction of sp³-hybridized carbons (Fsp3) is 0.270. The highest BCUT2D eigenvalue weighted by molar-refractivity contribution is 7.85. The third-order valence-electron chi connectivity index (χ3n) is 8.27. The molecule has 0 fully saturated rings. The number of aromatic nitrogens is 4. The Hall–Kier alpha value is -6.03. The Morgan fingerprint density at radius 2 is 1.64 bits per heavy atom. The highest BCUT2D eigenvalue weighted by Crippen LogP contribution is 2.32. The van der Waals surface area contributed by atoms with Gasteiger partial charge < -0.3 is 19.3 Å². The molecule has 290 valence electrons. The van der Waals surface area contributed by atoms with Crippen molar-refractivity contribution < 1.29 is 40.2 Å². The number of benzene rings is 3. The molecule has 0 spiro atoms. The van der Waals surface area contributed by atoms with Crippen molar-refractivity contribution in [2.24, 2.45) is 0 Å². The standard InChI is InChI=1S/C31H33F3N8O3.C6H6O3S/c1-20(28(43)38(3)16-17-42(4,5)6)37-29(44)40-27(26-14-15-36-41(26)24-12-10-22(19-35)11-13-24)21(2)39(30(40)45)25-9-7-8-23(18-25)31(32,33)34;7-10(8,9)6-4-2-1-3-5-6/h7-15,18,20H,16-17H2,1-6H3;1-5H,(H,7,8,9). The number of nitrogens with zero attached hydrogens (tertiary/aromatic N) is 7. The zero-order valence-electron chi connectivity index (χ0n) is 30.8. The van der Waals surface area contributed by atoms with Crippen molar-refractivity contribution in [3.8, 4) is 28.8 Å². The molecule has 0 radical (unpaired) electrons. The van der Waals surface area contributed by atoms with Crippen LogP contribution in [0.2, 0.25) is 0 Å². The van der Waals surface area contributed by atoms with Crippen LogP contribution in [0, 0.1) is 18.3 Å². The molecule has 5 rings (SSSR count). The van der Waals surface area contributed by atoms with Crippen molar-refractivity contribution in [1.29, 1.82) is 5.26 Å². The quantitative estimate of drug-likeness (QED) is 0.169. The van der Waals surface area contributed by atoms with Gasteiger partial charge in [0.2, 0.25) is 5.91 Å². The van der Waals surface area contributed by atoms with Gasteiger partial charge >= 0.3 is 17.9 Å². The van der Waals surface area contributed by atoms with Crippen LogP contribution in [0.25, 0.3) is 22.8 Å². The summed E-state index contributed by atoms with van der Waals surface area (Å²) in [4.78, 5) is 42.2. The van der Waals surface area contributed by atoms with Crippen LogP contribution in [0.1, 0.15) is 23.7 Å². The van der Waals surface area contributed by atoms with Gasteiger partial charge in [-0.2, -0.15) is 23.5 Å². The van der Waals surface area contributed by atoms with Crippen LogP contribution in [0.3, 0.4) is 0 Å². The van der Waals surface area contributed by atoms with E-state index in [1.54, 1.807) is 43.4 Å². The first-order chi connectivity index (χ1) is 25.6. The number of nitriles is 1. The Bertz CT molecular complexity index is 2370. The maximum atomic E-state index is 14.0. The highest BCUT2D eigenvalue weighted by Gasteiger charge is 2.33. The number of quaternary nitrogens is 1. The molecule has 1 unspecified atom stereocenters. The van der Waals surface area contributed by atoms with E-state index in [-0.39, 0.29) is 33.6 Å². The Balaban J connectivity index is 0.000000583. The number of halogens is 3. The predicted molar refractivity (Wildman–Crippen MR) is 195 cm³/mol. The van der Waals surface area contributed by atoms with E-state index >= 15 is 0 Å². The molecule has 2 amide bonds. The van der Waals surface area contributed by atoms with Crippen molar-refractivity contribution >= 4 is 22.1 Å². The fourth-order valence-corrected chi connectivity index (χ4v) is 5.87. The van der Waals surface area contributed by atoms with E-state index in [9.17, 15) is 45.8 Å². The number of likely N-dealkylation sites (N-methyl/N-ethyl adjacent to an activating group) is 2. The molecule has 0 saturated heterocycles. The summed E-state index contributed by atoms with van der Waals surface area (Å²) in [6.07, 6.45) is -3.23. The smallest absolute Gasteiger partial charge is 0.416 e. The number of carbonyl (C=O) groups excluding carboxylic acids is 2. The topological polar surface area (TPSA) is 175 Å². The van der Waals surface area contributed by atoms with Crippen LogP contribution in [-0.4, -0.2) is 101 Å². The van der Waals surface area contributed by atoms with Gasteiger partial charge in [-0.1, -0.05) is 24.3 Å². The van der Waals surface area contributed by atoms with Crippen LogP contribution in [0.4, 0.5) is 18.0 Å². The number of amides is 2. The third-order valence-corrected chi connectivity index (χ3v) is 9.12. The number of hydrogen-bond donors (Lipinski definition) is 1. The molecule has 0 saturated carbocycles. The van der Waals surface area contributed by atoms with Crippen molar-refractivity contribution in [1.82, 2.24) is 29.1 Å². The van der Waals surface area contributed by atoms with Crippen LogP contribution < -0.4 is 11.0 Å². The Morgan fingerprint density at radius 3 is 2.18 bits per heavy atom. The minimum atomic E-state index is -4.67. The molecule has 18 heteroatoms. The lowest BCUT2D eigenvalue weighted by Gasteiger charge is -2.28. The number of nitrogens with one attached hydrogen (secondary N) is 1. The van der Waals surface area contributed by atoms with Gasteiger partial charge in [0.05, 0.1) is 85.3 Å². The summed E-state index contributed by atoms with van der Waals surface area (Å²) in [6, 6.07) is 19.4. The lowest BCUT2D eigenvalue weighted by atomic mass is 10.2. The largest absolute Gasteiger partial charge is 0.744 e. The molecule has 0 aliphatic carbocycles. The van der Waals surface area contributed by atoms with E-state index in [2.05, 4.69) is 10.4 Å². The second kappa shape index (κ2) is 16.5. The monoisotopic (exact) mass is 780 g/mol. The molecular formula is C37H39F3N8O6S. The Morgan fingerprint density at radius 1 is 1.00 bits per heavy atom.